The number of alkyl halides is 1. The number of anilines is 1. The van der Waals surface area contributed by atoms with Crippen molar-refractivity contribution in [2.24, 2.45) is 0 Å². The molecule has 17 heavy (non-hydrogen) atoms. The SMILES string of the molecule is O=C1CCc2ccc([C@@H](O)CCCBr)cc2N1. The van der Waals surface area contributed by atoms with Gasteiger partial charge in [-0.05, 0) is 36.5 Å². The van der Waals surface area contributed by atoms with Gasteiger partial charge in [-0.25, -0.2) is 0 Å². The summed E-state index contributed by atoms with van der Waals surface area (Å²) in [4.78, 5) is 11.3. The highest BCUT2D eigenvalue weighted by Crippen LogP contribution is 2.28. The fraction of sp³-hybridized carbons (Fsp3) is 0.462. The number of aliphatic hydroxyl groups excluding tert-OH is 1. The molecule has 1 aliphatic heterocycles. The van der Waals surface area contributed by atoms with Crippen molar-refractivity contribution in [3.63, 3.8) is 0 Å². The Morgan fingerprint density at radius 2 is 2.24 bits per heavy atom. The van der Waals surface area contributed by atoms with Crippen LogP contribution in [0.25, 0.3) is 0 Å². The lowest BCUT2D eigenvalue weighted by Crippen LogP contribution is -2.19. The molecule has 1 atom stereocenters. The van der Waals surface area contributed by atoms with Gasteiger partial charge < -0.3 is 10.4 Å². The number of aryl methyl sites for hydroxylation is 1. The van der Waals surface area contributed by atoms with Gasteiger partial charge in [0, 0.05) is 17.4 Å². The van der Waals surface area contributed by atoms with Crippen LogP contribution in [0, 0.1) is 0 Å². The maximum absolute atomic E-state index is 11.3. The molecule has 1 amide bonds. The highest BCUT2D eigenvalue weighted by Gasteiger charge is 2.16. The van der Waals surface area contributed by atoms with Gasteiger partial charge in [0.25, 0.3) is 0 Å². The van der Waals surface area contributed by atoms with Crippen LogP contribution in [0.15, 0.2) is 18.2 Å². The lowest BCUT2D eigenvalue weighted by molar-refractivity contribution is -0.116. The van der Waals surface area contributed by atoms with E-state index >= 15 is 0 Å². The van der Waals surface area contributed by atoms with Gasteiger partial charge in [-0.1, -0.05) is 28.1 Å². The molecule has 92 valence electrons. The van der Waals surface area contributed by atoms with Crippen molar-refractivity contribution in [3.8, 4) is 0 Å². The van der Waals surface area contributed by atoms with E-state index < -0.39 is 6.10 Å². The van der Waals surface area contributed by atoms with Crippen molar-refractivity contribution in [3.05, 3.63) is 29.3 Å². The van der Waals surface area contributed by atoms with E-state index in [1.54, 1.807) is 0 Å². The molecule has 0 saturated carbocycles. The molecule has 1 aromatic carbocycles. The normalized spacial score (nSPS) is 16.2. The third-order valence-electron chi connectivity index (χ3n) is 3.03. The van der Waals surface area contributed by atoms with Crippen LogP contribution in [-0.4, -0.2) is 16.3 Å². The highest BCUT2D eigenvalue weighted by atomic mass is 79.9. The van der Waals surface area contributed by atoms with Crippen LogP contribution in [0.5, 0.6) is 0 Å². The van der Waals surface area contributed by atoms with Gasteiger partial charge in [0.1, 0.15) is 0 Å². The zero-order chi connectivity index (χ0) is 12.3. The van der Waals surface area contributed by atoms with Crippen molar-refractivity contribution >= 4 is 27.5 Å². The largest absolute Gasteiger partial charge is 0.388 e. The van der Waals surface area contributed by atoms with Crippen molar-refractivity contribution in [2.45, 2.75) is 31.8 Å². The summed E-state index contributed by atoms with van der Waals surface area (Å²) in [5.74, 6) is 0.0598. The average Bonchev–Trinajstić information content (AvgIpc) is 2.35. The van der Waals surface area contributed by atoms with Gasteiger partial charge in [0.05, 0.1) is 6.10 Å². The standard InChI is InChI=1S/C13H16BrNO2/c14-7-1-2-12(16)10-4-3-9-5-6-13(17)15-11(9)8-10/h3-4,8,12,16H,1-2,5-7H2,(H,15,17)/t12-/m0/s1. The number of benzene rings is 1. The quantitative estimate of drug-likeness (QED) is 0.840. The molecule has 0 saturated heterocycles. The predicted molar refractivity (Wildman–Crippen MR) is 71.4 cm³/mol. The number of carbonyl (C=O) groups excluding carboxylic acids is 1. The summed E-state index contributed by atoms with van der Waals surface area (Å²) in [5, 5.41) is 13.7. The van der Waals surface area contributed by atoms with Crippen molar-refractivity contribution < 1.29 is 9.90 Å². The molecule has 1 aromatic rings. The first-order valence-corrected chi connectivity index (χ1v) is 6.99. The number of rotatable bonds is 4. The number of aliphatic hydroxyl groups is 1. The van der Waals surface area contributed by atoms with E-state index in [4.69, 9.17) is 0 Å². The van der Waals surface area contributed by atoms with Gasteiger partial charge in [-0.2, -0.15) is 0 Å². The average molecular weight is 298 g/mol. The van der Waals surface area contributed by atoms with Crippen molar-refractivity contribution in [1.82, 2.24) is 0 Å². The minimum absolute atomic E-state index is 0.0598. The number of nitrogens with one attached hydrogen (secondary N) is 1. The molecular weight excluding hydrogens is 282 g/mol. The Labute approximate surface area is 109 Å². The summed E-state index contributed by atoms with van der Waals surface area (Å²) in [6, 6.07) is 5.85. The van der Waals surface area contributed by atoms with Gasteiger partial charge in [0.2, 0.25) is 5.91 Å². The second-order valence-corrected chi connectivity index (χ2v) is 5.10. The Bertz CT molecular complexity index is 420. The van der Waals surface area contributed by atoms with Gasteiger partial charge in [-0.3, -0.25) is 4.79 Å². The number of amides is 1. The molecule has 1 heterocycles. The minimum atomic E-state index is -0.448. The first-order chi connectivity index (χ1) is 8.20. The first-order valence-electron chi connectivity index (χ1n) is 5.87. The van der Waals surface area contributed by atoms with E-state index in [1.165, 1.54) is 0 Å². The Morgan fingerprint density at radius 1 is 1.41 bits per heavy atom. The third kappa shape index (κ3) is 3.07. The Morgan fingerprint density at radius 3 is 3.00 bits per heavy atom. The van der Waals surface area contributed by atoms with Crippen molar-refractivity contribution in [1.29, 1.82) is 0 Å². The third-order valence-corrected chi connectivity index (χ3v) is 3.59. The van der Waals surface area contributed by atoms with Gasteiger partial charge >= 0.3 is 0 Å². The zero-order valence-corrected chi connectivity index (χ0v) is 11.2. The van der Waals surface area contributed by atoms with E-state index in [9.17, 15) is 9.90 Å². The number of carbonyl (C=O) groups is 1. The molecular formula is C13H16BrNO2. The summed E-state index contributed by atoms with van der Waals surface area (Å²) in [6.45, 7) is 0. The van der Waals surface area contributed by atoms with Crippen LogP contribution in [0.1, 0.15) is 36.5 Å². The topological polar surface area (TPSA) is 49.3 Å². The summed E-state index contributed by atoms with van der Waals surface area (Å²) in [7, 11) is 0. The lowest BCUT2D eigenvalue weighted by atomic mass is 9.97. The van der Waals surface area contributed by atoms with E-state index in [2.05, 4.69) is 21.2 Å². The molecule has 2 rings (SSSR count). The molecule has 0 bridgehead atoms. The van der Waals surface area contributed by atoms with Crippen LogP contribution in [0.3, 0.4) is 0 Å². The van der Waals surface area contributed by atoms with Crippen LogP contribution in [-0.2, 0) is 11.2 Å². The molecule has 0 unspecified atom stereocenters. The number of hydrogen-bond donors (Lipinski definition) is 2. The molecule has 4 heteroatoms. The smallest absolute Gasteiger partial charge is 0.224 e. The summed E-state index contributed by atoms with van der Waals surface area (Å²) in [5.41, 5.74) is 2.89. The van der Waals surface area contributed by atoms with E-state index in [0.29, 0.717) is 6.42 Å². The number of hydrogen-bond acceptors (Lipinski definition) is 2. The Balaban J connectivity index is 2.14. The summed E-state index contributed by atoms with van der Waals surface area (Å²) >= 11 is 3.35. The van der Waals surface area contributed by atoms with Crippen LogP contribution in [0.4, 0.5) is 5.69 Å². The maximum atomic E-state index is 11.3. The maximum Gasteiger partial charge on any atom is 0.224 e. The first kappa shape index (κ1) is 12.6. The highest BCUT2D eigenvalue weighted by molar-refractivity contribution is 9.09. The summed E-state index contributed by atoms with van der Waals surface area (Å²) in [6.07, 6.45) is 2.57. The zero-order valence-electron chi connectivity index (χ0n) is 9.58. The van der Waals surface area contributed by atoms with Crippen LogP contribution >= 0.6 is 15.9 Å². The molecule has 0 radical (unpaired) electrons. The minimum Gasteiger partial charge on any atom is -0.388 e. The van der Waals surface area contributed by atoms with Crippen LogP contribution < -0.4 is 5.32 Å². The van der Waals surface area contributed by atoms with E-state index in [0.717, 1.165) is 41.4 Å². The predicted octanol–water partition coefficient (Wildman–Crippen LogP) is 2.78. The Kier molecular flexibility index (Phi) is 4.18. The molecule has 2 N–H and O–H groups in total. The lowest BCUT2D eigenvalue weighted by Gasteiger charge is -2.19. The Hall–Kier alpha value is -0.870. The fourth-order valence-electron chi connectivity index (χ4n) is 2.03. The molecule has 1 aliphatic rings. The van der Waals surface area contributed by atoms with Gasteiger partial charge in [0.15, 0.2) is 0 Å². The van der Waals surface area contributed by atoms with Gasteiger partial charge in [-0.15, -0.1) is 0 Å². The van der Waals surface area contributed by atoms with E-state index in [1.807, 2.05) is 18.2 Å². The second-order valence-electron chi connectivity index (χ2n) is 4.31. The summed E-state index contributed by atoms with van der Waals surface area (Å²) < 4.78 is 0. The fourth-order valence-corrected chi connectivity index (χ4v) is 2.36. The molecule has 3 nitrogen and oxygen atoms in total. The second kappa shape index (κ2) is 5.65. The number of fused-ring (bicyclic) bond motifs is 1. The van der Waals surface area contributed by atoms with Crippen LogP contribution in [0.2, 0.25) is 0 Å². The molecule has 0 spiro atoms. The molecule has 0 aliphatic carbocycles. The molecule has 0 aromatic heterocycles. The van der Waals surface area contributed by atoms with E-state index in [-0.39, 0.29) is 5.91 Å². The van der Waals surface area contributed by atoms with Crippen molar-refractivity contribution in [2.75, 3.05) is 10.6 Å². The number of halogens is 1. The molecule has 0 fully saturated rings. The monoisotopic (exact) mass is 297 g/mol.